The van der Waals surface area contributed by atoms with Gasteiger partial charge in [-0.2, -0.15) is 0 Å². The average Bonchev–Trinajstić information content (AvgIpc) is 2.15. The van der Waals surface area contributed by atoms with E-state index in [-0.39, 0.29) is 0 Å². The van der Waals surface area contributed by atoms with Gasteiger partial charge in [0.25, 0.3) is 5.91 Å². The molecule has 5 heteroatoms. The molecule has 0 aliphatic carbocycles. The van der Waals surface area contributed by atoms with Crippen molar-refractivity contribution in [1.82, 2.24) is 4.98 Å². The number of nitrogen functional groups attached to an aromatic ring is 1. The Kier molecular flexibility index (Phi) is 2.84. The summed E-state index contributed by atoms with van der Waals surface area (Å²) in [6.07, 6.45) is 1.49. The van der Waals surface area contributed by atoms with Gasteiger partial charge in [0, 0.05) is 17.7 Å². The van der Waals surface area contributed by atoms with Crippen LogP contribution in [0.15, 0.2) is 18.3 Å². The Balaban J connectivity index is 2.83. The Hall–Kier alpha value is -2.06. The van der Waals surface area contributed by atoms with E-state index in [2.05, 4.69) is 22.3 Å². The fraction of sp³-hybridized carbons (Fsp3) is 0. The maximum absolute atomic E-state index is 10.3. The zero-order chi connectivity index (χ0) is 9.68. The molecule has 0 atom stereocenters. The minimum absolute atomic E-state index is 0.532. The van der Waals surface area contributed by atoms with Crippen LogP contribution in [0.1, 0.15) is 5.56 Å². The number of carbonyl (C=O) groups excluding carboxylic acids is 1. The van der Waals surface area contributed by atoms with Crippen molar-refractivity contribution in [2.24, 2.45) is 11.6 Å². The van der Waals surface area contributed by atoms with Crippen molar-refractivity contribution in [2.75, 3.05) is 5.43 Å². The molecule has 0 bridgehead atoms. The monoisotopic (exact) mass is 176 g/mol. The minimum Gasteiger partial charge on any atom is -0.359 e. The maximum atomic E-state index is 10.3. The van der Waals surface area contributed by atoms with Gasteiger partial charge in [0.15, 0.2) is 0 Å². The smallest absolute Gasteiger partial charge is 0.293 e. The molecular weight excluding hydrogens is 168 g/mol. The molecule has 1 aromatic rings. The zero-order valence-electron chi connectivity index (χ0n) is 6.74. The highest BCUT2D eigenvalue weighted by molar-refractivity contribution is 5.92. The molecule has 0 saturated heterocycles. The van der Waals surface area contributed by atoms with Gasteiger partial charge in [-0.05, 0) is 12.1 Å². The quantitative estimate of drug-likeness (QED) is 0.297. The summed E-state index contributed by atoms with van der Waals surface area (Å²) in [4.78, 5) is 14.2. The van der Waals surface area contributed by atoms with Crippen LogP contribution in [0.5, 0.6) is 0 Å². The standard InChI is InChI=1S/C8H8N4O/c9-7(13)3-1-6-2-4-8(12-10)11-5-6/h2,4-5H,10H2,(H2,9,13)(H,11,12). The highest BCUT2D eigenvalue weighted by Gasteiger charge is 1.90. The second kappa shape index (κ2) is 4.09. The van der Waals surface area contributed by atoms with E-state index in [9.17, 15) is 4.79 Å². The normalized spacial score (nSPS) is 8.38. The predicted molar refractivity (Wildman–Crippen MR) is 48.1 cm³/mol. The molecule has 66 valence electrons. The molecule has 0 fully saturated rings. The molecule has 13 heavy (non-hydrogen) atoms. The lowest BCUT2D eigenvalue weighted by Gasteiger charge is -1.96. The first-order chi connectivity index (χ1) is 6.22. The second-order valence-electron chi connectivity index (χ2n) is 2.19. The van der Waals surface area contributed by atoms with E-state index in [1.54, 1.807) is 12.1 Å². The van der Waals surface area contributed by atoms with Gasteiger partial charge in [0.1, 0.15) is 5.82 Å². The topological polar surface area (TPSA) is 94.0 Å². The van der Waals surface area contributed by atoms with E-state index in [1.807, 2.05) is 0 Å². The Morgan fingerprint density at radius 3 is 2.77 bits per heavy atom. The molecule has 5 nitrogen and oxygen atoms in total. The van der Waals surface area contributed by atoms with Gasteiger partial charge in [-0.3, -0.25) is 4.79 Å². The summed E-state index contributed by atoms with van der Waals surface area (Å²) in [5.74, 6) is 9.70. The molecule has 1 aromatic heterocycles. The molecule has 0 aliphatic rings. The summed E-state index contributed by atoms with van der Waals surface area (Å²) in [6.45, 7) is 0. The molecule has 0 saturated carbocycles. The molecule has 0 spiro atoms. The lowest BCUT2D eigenvalue weighted by Crippen LogP contribution is -2.08. The minimum atomic E-state index is -0.666. The third kappa shape index (κ3) is 2.81. The van der Waals surface area contributed by atoms with Crippen LogP contribution in [0, 0.1) is 11.8 Å². The Morgan fingerprint density at radius 1 is 1.54 bits per heavy atom. The van der Waals surface area contributed by atoms with Crippen molar-refractivity contribution in [3.8, 4) is 11.8 Å². The Labute approximate surface area is 75.1 Å². The van der Waals surface area contributed by atoms with Crippen molar-refractivity contribution in [3.63, 3.8) is 0 Å². The van der Waals surface area contributed by atoms with Gasteiger partial charge >= 0.3 is 0 Å². The van der Waals surface area contributed by atoms with E-state index in [0.717, 1.165) is 0 Å². The molecule has 0 unspecified atom stereocenters. The summed E-state index contributed by atoms with van der Waals surface area (Å²) >= 11 is 0. The number of hydrogen-bond acceptors (Lipinski definition) is 4. The lowest BCUT2D eigenvalue weighted by atomic mass is 10.3. The van der Waals surface area contributed by atoms with E-state index >= 15 is 0 Å². The van der Waals surface area contributed by atoms with Crippen molar-refractivity contribution < 1.29 is 4.79 Å². The van der Waals surface area contributed by atoms with Gasteiger partial charge in [-0.15, -0.1) is 0 Å². The summed E-state index contributed by atoms with van der Waals surface area (Å²) in [5.41, 5.74) is 7.81. The van der Waals surface area contributed by atoms with E-state index in [0.29, 0.717) is 11.4 Å². The molecule has 1 heterocycles. The molecule has 0 radical (unpaired) electrons. The van der Waals surface area contributed by atoms with Crippen LogP contribution < -0.4 is 17.0 Å². The predicted octanol–water partition coefficient (Wildman–Crippen LogP) is -0.796. The van der Waals surface area contributed by atoms with Crippen molar-refractivity contribution in [2.45, 2.75) is 0 Å². The van der Waals surface area contributed by atoms with Crippen molar-refractivity contribution in [3.05, 3.63) is 23.9 Å². The summed E-state index contributed by atoms with van der Waals surface area (Å²) < 4.78 is 0. The van der Waals surface area contributed by atoms with E-state index < -0.39 is 5.91 Å². The Bertz CT molecular complexity index is 360. The summed E-state index contributed by atoms with van der Waals surface area (Å²) in [7, 11) is 0. The number of nitrogens with zero attached hydrogens (tertiary/aromatic N) is 1. The number of hydrazine groups is 1. The third-order valence-electron chi connectivity index (χ3n) is 1.24. The fourth-order valence-electron chi connectivity index (χ4n) is 0.687. The number of aromatic nitrogens is 1. The van der Waals surface area contributed by atoms with Crippen LogP contribution in [-0.2, 0) is 4.79 Å². The molecule has 1 amide bonds. The van der Waals surface area contributed by atoms with E-state index in [4.69, 9.17) is 11.6 Å². The molecule has 0 aromatic carbocycles. The van der Waals surface area contributed by atoms with E-state index in [1.165, 1.54) is 6.20 Å². The van der Waals surface area contributed by atoms with Crippen molar-refractivity contribution >= 4 is 11.7 Å². The first-order valence-corrected chi connectivity index (χ1v) is 3.46. The first kappa shape index (κ1) is 9.03. The lowest BCUT2D eigenvalue weighted by molar-refractivity contribution is -0.112. The molecule has 1 rings (SSSR count). The van der Waals surface area contributed by atoms with Gasteiger partial charge < -0.3 is 11.2 Å². The second-order valence-corrected chi connectivity index (χ2v) is 2.19. The molecule has 0 aliphatic heterocycles. The maximum Gasteiger partial charge on any atom is 0.293 e. The van der Waals surface area contributed by atoms with Crippen LogP contribution in [0.3, 0.4) is 0 Å². The van der Waals surface area contributed by atoms with Crippen LogP contribution in [0.25, 0.3) is 0 Å². The highest BCUT2D eigenvalue weighted by atomic mass is 16.1. The third-order valence-corrected chi connectivity index (χ3v) is 1.24. The van der Waals surface area contributed by atoms with Gasteiger partial charge in [0.05, 0.1) is 0 Å². The number of nitrogens with two attached hydrogens (primary N) is 2. The number of primary amides is 1. The van der Waals surface area contributed by atoms with Crippen LogP contribution in [0.4, 0.5) is 5.82 Å². The number of pyridine rings is 1. The highest BCUT2D eigenvalue weighted by Crippen LogP contribution is 2.01. The van der Waals surface area contributed by atoms with Crippen LogP contribution in [0.2, 0.25) is 0 Å². The largest absolute Gasteiger partial charge is 0.359 e. The SMILES string of the molecule is NNc1ccc(C#CC(N)=O)cn1. The number of carbonyl (C=O) groups is 1. The number of rotatable bonds is 1. The number of amides is 1. The van der Waals surface area contributed by atoms with Gasteiger partial charge in [0.2, 0.25) is 0 Å². The van der Waals surface area contributed by atoms with Gasteiger partial charge in [-0.1, -0.05) is 5.92 Å². The van der Waals surface area contributed by atoms with Crippen LogP contribution in [-0.4, -0.2) is 10.9 Å². The Morgan fingerprint density at radius 2 is 2.31 bits per heavy atom. The summed E-state index contributed by atoms with van der Waals surface area (Å²) in [5, 5.41) is 0. The summed E-state index contributed by atoms with van der Waals surface area (Å²) in [6, 6.07) is 3.32. The zero-order valence-corrected chi connectivity index (χ0v) is 6.74. The van der Waals surface area contributed by atoms with Crippen molar-refractivity contribution in [1.29, 1.82) is 0 Å². The molecule has 5 N–H and O–H groups in total. The van der Waals surface area contributed by atoms with Gasteiger partial charge in [-0.25, -0.2) is 10.8 Å². The number of nitrogens with one attached hydrogen (secondary N) is 1. The fourth-order valence-corrected chi connectivity index (χ4v) is 0.687. The first-order valence-electron chi connectivity index (χ1n) is 3.46. The number of anilines is 1. The molecular formula is C8H8N4O. The number of hydrogen-bond donors (Lipinski definition) is 3. The van der Waals surface area contributed by atoms with Crippen LogP contribution >= 0.6 is 0 Å². The average molecular weight is 176 g/mol.